The minimum absolute atomic E-state index is 0.149. The fraction of sp³-hybridized carbons (Fsp3) is 0.273. The minimum Gasteiger partial charge on any atom is -0.305 e. The Morgan fingerprint density at radius 1 is 1.12 bits per heavy atom. The van der Waals surface area contributed by atoms with Gasteiger partial charge in [0.25, 0.3) is 5.91 Å². The van der Waals surface area contributed by atoms with Crippen LogP contribution in [0, 0.1) is 40.0 Å². The number of fused-ring (bicyclic) bond motifs is 1. The molecule has 0 radical (unpaired) electrons. The van der Waals surface area contributed by atoms with Crippen molar-refractivity contribution in [3.05, 3.63) is 63.0 Å². The molecular formula is C22H22N2OS. The Kier molecular flexibility index (Phi) is 5.11. The maximum atomic E-state index is 12.6. The fourth-order valence-electron chi connectivity index (χ4n) is 3.20. The largest absolute Gasteiger partial charge is 0.305 e. The van der Waals surface area contributed by atoms with Gasteiger partial charge in [-0.3, -0.25) is 4.79 Å². The molecule has 0 spiro atoms. The number of thiazole rings is 1. The van der Waals surface area contributed by atoms with Crippen LogP contribution in [-0.2, 0) is 17.8 Å². The molecule has 3 rings (SSSR count). The molecule has 2 aromatic carbocycles. The standard InChI is InChI=1S/C22H22N2OS/c1-6-9-24-19-12-15(3)11-17(5)21(19)26-22(24)23-20(25)13-18-8-7-14(2)10-16(18)4/h1,7-8,10-12H,9,13H2,2-5H3. The Balaban J connectivity index is 2.06. The lowest BCUT2D eigenvalue weighted by Crippen LogP contribution is -2.17. The van der Waals surface area contributed by atoms with Gasteiger partial charge in [-0.1, -0.05) is 47.1 Å². The summed E-state index contributed by atoms with van der Waals surface area (Å²) in [5.41, 5.74) is 6.72. The van der Waals surface area contributed by atoms with Crippen LogP contribution >= 0.6 is 11.3 Å². The second-order valence-corrected chi connectivity index (χ2v) is 7.69. The van der Waals surface area contributed by atoms with Crippen molar-refractivity contribution in [3.63, 3.8) is 0 Å². The fourth-order valence-corrected chi connectivity index (χ4v) is 4.29. The normalized spacial score (nSPS) is 11.7. The Labute approximate surface area is 158 Å². The second-order valence-electron chi connectivity index (χ2n) is 6.72. The van der Waals surface area contributed by atoms with E-state index in [1.807, 2.05) is 30.5 Å². The molecule has 1 amide bonds. The summed E-state index contributed by atoms with van der Waals surface area (Å²) < 4.78 is 3.09. The van der Waals surface area contributed by atoms with Crippen molar-refractivity contribution in [1.82, 2.24) is 4.57 Å². The van der Waals surface area contributed by atoms with E-state index >= 15 is 0 Å². The number of amides is 1. The number of carbonyl (C=O) groups is 1. The Morgan fingerprint density at radius 2 is 1.85 bits per heavy atom. The van der Waals surface area contributed by atoms with Crippen LogP contribution in [0.3, 0.4) is 0 Å². The zero-order chi connectivity index (χ0) is 18.8. The number of benzene rings is 2. The van der Waals surface area contributed by atoms with Gasteiger partial charge in [0.1, 0.15) is 0 Å². The monoisotopic (exact) mass is 362 g/mol. The number of terminal acetylenes is 1. The average Bonchev–Trinajstić information content (AvgIpc) is 2.89. The number of rotatable bonds is 3. The molecule has 3 nitrogen and oxygen atoms in total. The lowest BCUT2D eigenvalue weighted by atomic mass is 10.0. The van der Waals surface area contributed by atoms with Gasteiger partial charge in [-0.05, 0) is 56.0 Å². The van der Waals surface area contributed by atoms with Crippen molar-refractivity contribution in [3.8, 4) is 12.3 Å². The predicted octanol–water partition coefficient (Wildman–Crippen LogP) is 4.24. The Morgan fingerprint density at radius 3 is 2.54 bits per heavy atom. The van der Waals surface area contributed by atoms with Crippen LogP contribution in [0.25, 0.3) is 10.2 Å². The Hall–Kier alpha value is -2.64. The van der Waals surface area contributed by atoms with Crippen LogP contribution in [-0.4, -0.2) is 10.5 Å². The molecule has 0 unspecified atom stereocenters. The van der Waals surface area contributed by atoms with Crippen molar-refractivity contribution in [2.24, 2.45) is 4.99 Å². The smallest absolute Gasteiger partial charge is 0.252 e. The van der Waals surface area contributed by atoms with Crippen LogP contribution in [0.4, 0.5) is 0 Å². The highest BCUT2D eigenvalue weighted by atomic mass is 32.1. The summed E-state index contributed by atoms with van der Waals surface area (Å²) in [6.07, 6.45) is 5.85. The first-order chi connectivity index (χ1) is 12.4. The van der Waals surface area contributed by atoms with Crippen molar-refractivity contribution >= 4 is 27.5 Å². The number of nitrogens with zero attached hydrogens (tertiary/aromatic N) is 2. The molecule has 0 fully saturated rings. The summed E-state index contributed by atoms with van der Waals surface area (Å²) in [6, 6.07) is 10.4. The van der Waals surface area contributed by atoms with E-state index in [-0.39, 0.29) is 5.91 Å². The van der Waals surface area contributed by atoms with Gasteiger partial charge >= 0.3 is 0 Å². The third-order valence-electron chi connectivity index (χ3n) is 4.42. The van der Waals surface area contributed by atoms with Gasteiger partial charge in [0.2, 0.25) is 0 Å². The van der Waals surface area contributed by atoms with E-state index < -0.39 is 0 Å². The summed E-state index contributed by atoms with van der Waals surface area (Å²) in [7, 11) is 0. The number of aromatic nitrogens is 1. The molecule has 0 saturated carbocycles. The first-order valence-electron chi connectivity index (χ1n) is 8.57. The molecule has 0 saturated heterocycles. The number of hydrogen-bond donors (Lipinski definition) is 0. The van der Waals surface area contributed by atoms with E-state index in [2.05, 4.69) is 43.0 Å². The van der Waals surface area contributed by atoms with Crippen molar-refractivity contribution in [2.45, 2.75) is 40.7 Å². The summed E-state index contributed by atoms with van der Waals surface area (Å²) in [5, 5.41) is 0. The van der Waals surface area contributed by atoms with E-state index in [0.717, 1.165) is 21.3 Å². The van der Waals surface area contributed by atoms with Crippen LogP contribution in [0.15, 0.2) is 35.3 Å². The quantitative estimate of drug-likeness (QED) is 0.642. The van der Waals surface area contributed by atoms with Gasteiger partial charge in [-0.15, -0.1) is 6.42 Å². The zero-order valence-electron chi connectivity index (χ0n) is 15.6. The van der Waals surface area contributed by atoms with E-state index in [0.29, 0.717) is 17.8 Å². The summed E-state index contributed by atoms with van der Waals surface area (Å²) in [4.78, 5) is 17.6. The molecule has 1 heterocycles. The van der Waals surface area contributed by atoms with Gasteiger partial charge in [0.15, 0.2) is 4.80 Å². The molecule has 0 aliphatic heterocycles. The summed E-state index contributed by atoms with van der Waals surface area (Å²) in [6.45, 7) is 8.62. The van der Waals surface area contributed by atoms with Crippen LogP contribution in [0.2, 0.25) is 0 Å². The van der Waals surface area contributed by atoms with Gasteiger partial charge in [0, 0.05) is 0 Å². The van der Waals surface area contributed by atoms with Crippen LogP contribution in [0.1, 0.15) is 27.8 Å². The highest BCUT2D eigenvalue weighted by molar-refractivity contribution is 7.16. The third kappa shape index (κ3) is 3.63. The molecule has 3 aromatic rings. The Bertz CT molecular complexity index is 1110. The SMILES string of the molecule is C#CCn1c(=NC(=O)Cc2ccc(C)cc2C)sc2c(C)cc(C)cc21. The topological polar surface area (TPSA) is 34.4 Å². The van der Waals surface area contributed by atoms with Crippen molar-refractivity contribution in [1.29, 1.82) is 0 Å². The second kappa shape index (κ2) is 7.31. The first kappa shape index (κ1) is 18.2. The molecule has 132 valence electrons. The molecule has 26 heavy (non-hydrogen) atoms. The molecule has 0 bridgehead atoms. The first-order valence-corrected chi connectivity index (χ1v) is 9.38. The number of carbonyl (C=O) groups excluding carboxylic acids is 1. The van der Waals surface area contributed by atoms with E-state index in [1.165, 1.54) is 28.0 Å². The van der Waals surface area contributed by atoms with E-state index in [1.54, 1.807) is 0 Å². The highest BCUT2D eigenvalue weighted by Gasteiger charge is 2.11. The van der Waals surface area contributed by atoms with E-state index in [4.69, 9.17) is 6.42 Å². The molecule has 0 N–H and O–H groups in total. The van der Waals surface area contributed by atoms with Crippen molar-refractivity contribution in [2.75, 3.05) is 0 Å². The van der Waals surface area contributed by atoms with Gasteiger partial charge in [0.05, 0.1) is 23.2 Å². The predicted molar refractivity (Wildman–Crippen MR) is 108 cm³/mol. The number of hydrogen-bond acceptors (Lipinski definition) is 2. The lowest BCUT2D eigenvalue weighted by molar-refractivity contribution is -0.117. The molecule has 0 atom stereocenters. The summed E-state index contributed by atoms with van der Waals surface area (Å²) in [5.74, 6) is 2.53. The zero-order valence-corrected chi connectivity index (χ0v) is 16.4. The van der Waals surface area contributed by atoms with Gasteiger partial charge < -0.3 is 4.57 Å². The van der Waals surface area contributed by atoms with Gasteiger partial charge in [-0.2, -0.15) is 4.99 Å². The summed E-state index contributed by atoms with van der Waals surface area (Å²) >= 11 is 1.52. The van der Waals surface area contributed by atoms with Gasteiger partial charge in [-0.25, -0.2) is 0 Å². The molecule has 0 aliphatic carbocycles. The average molecular weight is 362 g/mol. The molecule has 0 aliphatic rings. The maximum Gasteiger partial charge on any atom is 0.252 e. The van der Waals surface area contributed by atoms with Crippen LogP contribution in [0.5, 0.6) is 0 Å². The van der Waals surface area contributed by atoms with Crippen LogP contribution < -0.4 is 4.80 Å². The molecule has 1 aromatic heterocycles. The molecular weight excluding hydrogens is 340 g/mol. The van der Waals surface area contributed by atoms with Crippen molar-refractivity contribution < 1.29 is 4.79 Å². The lowest BCUT2D eigenvalue weighted by Gasteiger charge is -2.04. The highest BCUT2D eigenvalue weighted by Crippen LogP contribution is 2.23. The molecule has 4 heteroatoms. The number of aryl methyl sites for hydroxylation is 4. The third-order valence-corrected chi connectivity index (χ3v) is 5.65. The van der Waals surface area contributed by atoms with E-state index in [9.17, 15) is 4.79 Å². The maximum absolute atomic E-state index is 12.6. The minimum atomic E-state index is -0.149.